The average Bonchev–Trinajstić information content (AvgIpc) is 3.57. The van der Waals surface area contributed by atoms with E-state index in [1.165, 1.54) is 54.3 Å². The molecule has 0 atom stereocenters. The van der Waals surface area contributed by atoms with Crippen molar-refractivity contribution in [2.24, 2.45) is 0 Å². The molecule has 2 heterocycles. The van der Waals surface area contributed by atoms with Gasteiger partial charge in [-0.05, 0) is 73.8 Å². The van der Waals surface area contributed by atoms with Crippen LogP contribution in [0.5, 0.6) is 0 Å². The Hall–Kier alpha value is -6.88. The van der Waals surface area contributed by atoms with E-state index in [4.69, 9.17) is 15.0 Å². The second-order valence-corrected chi connectivity index (χ2v) is 15.4. The van der Waals surface area contributed by atoms with Crippen molar-refractivity contribution in [2.45, 2.75) is 15.2 Å². The summed E-state index contributed by atoms with van der Waals surface area (Å²) in [6.45, 7) is 0. The molecule has 3 nitrogen and oxygen atoms in total. The molecule has 11 rings (SSSR count). The van der Waals surface area contributed by atoms with E-state index in [1.807, 2.05) is 48.2 Å². The van der Waals surface area contributed by atoms with Crippen LogP contribution in [0, 0.1) is 0 Å². The average molecular weight is 732 g/mol. The summed E-state index contributed by atoms with van der Waals surface area (Å²) in [6, 6.07) is 71.6. The summed E-state index contributed by atoms with van der Waals surface area (Å²) in [6.07, 6.45) is 0. The summed E-state index contributed by atoms with van der Waals surface area (Å²) in [5.41, 5.74) is 15.0. The molecule has 0 fully saturated rings. The second-order valence-electron chi connectivity index (χ2n) is 14.3. The summed E-state index contributed by atoms with van der Waals surface area (Å²) in [4.78, 5) is 17.6. The molecule has 2 aliphatic rings. The lowest BCUT2D eigenvalue weighted by atomic mass is 9.67. The van der Waals surface area contributed by atoms with Crippen LogP contribution in [0.1, 0.15) is 22.3 Å². The van der Waals surface area contributed by atoms with Crippen LogP contribution in [0.25, 0.3) is 67.5 Å². The number of hydrogen-bond acceptors (Lipinski definition) is 4. The SMILES string of the molecule is c1ccc(-c2ccc(-c3nc(-c4ccccc4)nc(-c4ccc(-c5ccc6c(c5)C5(c7ccccc7Sc7ccccc75)c5ccccc5-6)cc4)n3)cc2)cc1. The third kappa shape index (κ3) is 5.18. The highest BCUT2D eigenvalue weighted by Gasteiger charge is 2.50. The molecule has 0 N–H and O–H groups in total. The Morgan fingerprint density at radius 3 is 1.23 bits per heavy atom. The van der Waals surface area contributed by atoms with Gasteiger partial charge >= 0.3 is 0 Å². The van der Waals surface area contributed by atoms with Crippen LogP contribution in [-0.2, 0) is 5.41 Å². The number of nitrogens with zero attached hydrogens (tertiary/aromatic N) is 3. The fraction of sp³-hybridized carbons (Fsp3) is 0.0192. The highest BCUT2D eigenvalue weighted by molar-refractivity contribution is 7.99. The lowest BCUT2D eigenvalue weighted by Gasteiger charge is -2.39. The third-order valence-electron chi connectivity index (χ3n) is 11.2. The number of rotatable bonds is 5. The first kappa shape index (κ1) is 32.5. The van der Waals surface area contributed by atoms with Gasteiger partial charge in [-0.15, -0.1) is 0 Å². The van der Waals surface area contributed by atoms with Crippen molar-refractivity contribution < 1.29 is 0 Å². The van der Waals surface area contributed by atoms with Crippen molar-refractivity contribution in [3.05, 3.63) is 222 Å². The fourth-order valence-electron chi connectivity index (χ4n) is 8.64. The maximum Gasteiger partial charge on any atom is 0.164 e. The van der Waals surface area contributed by atoms with Gasteiger partial charge in [0.1, 0.15) is 0 Å². The minimum Gasteiger partial charge on any atom is -0.208 e. The van der Waals surface area contributed by atoms with E-state index in [0.717, 1.165) is 27.8 Å². The molecule has 1 aliphatic heterocycles. The van der Waals surface area contributed by atoms with Crippen LogP contribution in [0.2, 0.25) is 0 Å². The van der Waals surface area contributed by atoms with Crippen LogP contribution in [0.3, 0.4) is 0 Å². The minimum absolute atomic E-state index is 0.408. The Morgan fingerprint density at radius 2 is 0.661 bits per heavy atom. The lowest BCUT2D eigenvalue weighted by molar-refractivity contribution is 0.722. The van der Waals surface area contributed by atoms with Gasteiger partial charge in [-0.1, -0.05) is 194 Å². The molecule has 9 aromatic rings. The summed E-state index contributed by atoms with van der Waals surface area (Å²) in [7, 11) is 0. The molecule has 0 saturated carbocycles. The molecule has 1 aliphatic carbocycles. The Labute approximate surface area is 330 Å². The van der Waals surface area contributed by atoms with Gasteiger partial charge in [-0.2, -0.15) is 0 Å². The van der Waals surface area contributed by atoms with E-state index in [1.54, 1.807) is 0 Å². The fourth-order valence-corrected chi connectivity index (χ4v) is 9.83. The van der Waals surface area contributed by atoms with Crippen LogP contribution in [0.4, 0.5) is 0 Å². The number of hydrogen-bond donors (Lipinski definition) is 0. The zero-order valence-electron chi connectivity index (χ0n) is 30.3. The highest BCUT2D eigenvalue weighted by Crippen LogP contribution is 2.62. The van der Waals surface area contributed by atoms with E-state index >= 15 is 0 Å². The van der Waals surface area contributed by atoms with Gasteiger partial charge in [0.15, 0.2) is 17.5 Å². The smallest absolute Gasteiger partial charge is 0.164 e. The summed E-state index contributed by atoms with van der Waals surface area (Å²) >= 11 is 1.87. The molecule has 262 valence electrons. The number of aromatic nitrogens is 3. The molecule has 0 amide bonds. The maximum absolute atomic E-state index is 5.05. The van der Waals surface area contributed by atoms with Crippen LogP contribution in [0.15, 0.2) is 210 Å². The Kier molecular flexibility index (Phi) is 7.64. The molecule has 1 aromatic heterocycles. The van der Waals surface area contributed by atoms with Crippen molar-refractivity contribution in [3.8, 4) is 67.5 Å². The molecular formula is C52H33N3S. The molecule has 8 aromatic carbocycles. The van der Waals surface area contributed by atoms with E-state index in [-0.39, 0.29) is 0 Å². The van der Waals surface area contributed by atoms with Crippen molar-refractivity contribution >= 4 is 11.8 Å². The summed E-state index contributed by atoms with van der Waals surface area (Å²) in [5.74, 6) is 1.94. The minimum atomic E-state index is -0.408. The van der Waals surface area contributed by atoms with Crippen molar-refractivity contribution in [1.29, 1.82) is 0 Å². The van der Waals surface area contributed by atoms with Crippen LogP contribution < -0.4 is 0 Å². The number of benzene rings is 8. The molecule has 0 radical (unpaired) electrons. The predicted molar refractivity (Wildman–Crippen MR) is 228 cm³/mol. The Balaban J connectivity index is 1.01. The van der Waals surface area contributed by atoms with Crippen LogP contribution >= 0.6 is 11.8 Å². The molecule has 0 saturated heterocycles. The van der Waals surface area contributed by atoms with E-state index in [2.05, 4.69) is 164 Å². The van der Waals surface area contributed by atoms with Crippen molar-refractivity contribution in [2.75, 3.05) is 0 Å². The summed E-state index contributed by atoms with van der Waals surface area (Å²) in [5, 5.41) is 0. The Bertz CT molecular complexity index is 2880. The zero-order valence-corrected chi connectivity index (χ0v) is 31.1. The van der Waals surface area contributed by atoms with Crippen LogP contribution in [-0.4, -0.2) is 15.0 Å². The van der Waals surface area contributed by atoms with Gasteiger partial charge in [0.2, 0.25) is 0 Å². The van der Waals surface area contributed by atoms with Gasteiger partial charge in [-0.3, -0.25) is 0 Å². The largest absolute Gasteiger partial charge is 0.208 e. The molecule has 0 unspecified atom stereocenters. The molecular weight excluding hydrogens is 699 g/mol. The molecule has 1 spiro atoms. The first-order valence-corrected chi connectivity index (χ1v) is 19.8. The van der Waals surface area contributed by atoms with Gasteiger partial charge < -0.3 is 0 Å². The van der Waals surface area contributed by atoms with E-state index < -0.39 is 5.41 Å². The molecule has 56 heavy (non-hydrogen) atoms. The van der Waals surface area contributed by atoms with Gasteiger partial charge in [-0.25, -0.2) is 15.0 Å². The van der Waals surface area contributed by atoms with Crippen molar-refractivity contribution in [3.63, 3.8) is 0 Å². The maximum atomic E-state index is 5.05. The first-order valence-electron chi connectivity index (χ1n) is 18.9. The van der Waals surface area contributed by atoms with Crippen molar-refractivity contribution in [1.82, 2.24) is 15.0 Å². The van der Waals surface area contributed by atoms with Gasteiger partial charge in [0, 0.05) is 26.5 Å². The van der Waals surface area contributed by atoms with E-state index in [0.29, 0.717) is 17.5 Å². The normalized spacial score (nSPS) is 13.1. The topological polar surface area (TPSA) is 38.7 Å². The zero-order chi connectivity index (χ0) is 37.1. The Morgan fingerprint density at radius 1 is 0.286 bits per heavy atom. The van der Waals surface area contributed by atoms with Gasteiger partial charge in [0.05, 0.1) is 5.41 Å². The highest BCUT2D eigenvalue weighted by atomic mass is 32.2. The summed E-state index contributed by atoms with van der Waals surface area (Å²) < 4.78 is 0. The predicted octanol–water partition coefficient (Wildman–Crippen LogP) is 13.0. The lowest BCUT2D eigenvalue weighted by Crippen LogP contribution is -2.31. The monoisotopic (exact) mass is 731 g/mol. The van der Waals surface area contributed by atoms with Gasteiger partial charge in [0.25, 0.3) is 0 Å². The quantitative estimate of drug-likeness (QED) is 0.177. The standard InChI is InChI=1S/C52H33N3S/c1-3-13-34(14-4-1)35-23-27-38(28-24-35)50-53-49(37-15-5-2-6-16-37)54-51(55-50)39-29-25-36(26-30-39)40-31-32-42-41-17-7-8-18-43(41)52(46(42)33-40)44-19-9-11-21-47(44)56-48-22-12-10-20-45(48)52/h1-33H. The second kappa shape index (κ2) is 13.2. The first-order chi connectivity index (χ1) is 27.7. The number of fused-ring (bicyclic) bond motifs is 9. The van der Waals surface area contributed by atoms with E-state index in [9.17, 15) is 0 Å². The third-order valence-corrected chi connectivity index (χ3v) is 12.4. The molecule has 4 heteroatoms. The molecule has 0 bridgehead atoms.